The highest BCUT2D eigenvalue weighted by Crippen LogP contribution is 2.31. The van der Waals surface area contributed by atoms with Crippen LogP contribution < -0.4 is 10.6 Å². The van der Waals surface area contributed by atoms with Crippen LogP contribution in [0.5, 0.6) is 0 Å². The van der Waals surface area contributed by atoms with Gasteiger partial charge in [-0.25, -0.2) is 0 Å². The summed E-state index contributed by atoms with van der Waals surface area (Å²) in [4.78, 5) is 27.0. The minimum absolute atomic E-state index is 0.00449. The molecule has 1 aromatic heterocycles. The van der Waals surface area contributed by atoms with E-state index in [9.17, 15) is 22.8 Å². The summed E-state index contributed by atoms with van der Waals surface area (Å²) >= 11 is 0. The molecule has 0 aromatic carbocycles. The number of rotatable bonds is 2. The van der Waals surface area contributed by atoms with E-state index in [0.717, 1.165) is 17.2 Å². The first kappa shape index (κ1) is 13.3. The Morgan fingerprint density at radius 1 is 1.47 bits per heavy atom. The third kappa shape index (κ3) is 2.67. The Balaban J connectivity index is 2.28. The van der Waals surface area contributed by atoms with Crippen LogP contribution in [0.25, 0.3) is 0 Å². The molecule has 1 saturated heterocycles. The van der Waals surface area contributed by atoms with Gasteiger partial charge in [-0.3, -0.25) is 14.6 Å². The van der Waals surface area contributed by atoms with Gasteiger partial charge in [-0.1, -0.05) is 0 Å². The average molecular weight is 273 g/mol. The zero-order valence-corrected chi connectivity index (χ0v) is 9.65. The average Bonchev–Trinajstić information content (AvgIpc) is 2.71. The molecule has 102 valence electrons. The number of primary amides is 1. The first-order valence-corrected chi connectivity index (χ1v) is 5.42. The summed E-state index contributed by atoms with van der Waals surface area (Å²) in [6.45, 7) is -0.00449. The van der Waals surface area contributed by atoms with Crippen LogP contribution in [0.3, 0.4) is 0 Å². The van der Waals surface area contributed by atoms with E-state index in [0.29, 0.717) is 0 Å². The van der Waals surface area contributed by atoms with Crippen LogP contribution in [0.2, 0.25) is 0 Å². The lowest BCUT2D eigenvalue weighted by molar-refractivity contribution is -0.141. The molecule has 2 N–H and O–H groups in total. The SMILES string of the molecule is NC(=O)C1CC(=O)N(c2ccnc(C(F)(F)F)c2)C1. The fourth-order valence-corrected chi connectivity index (χ4v) is 1.89. The summed E-state index contributed by atoms with van der Waals surface area (Å²) in [5, 5.41) is 0. The van der Waals surface area contributed by atoms with Gasteiger partial charge >= 0.3 is 6.18 Å². The van der Waals surface area contributed by atoms with Crippen molar-refractivity contribution in [3.63, 3.8) is 0 Å². The van der Waals surface area contributed by atoms with Crippen molar-refractivity contribution >= 4 is 17.5 Å². The quantitative estimate of drug-likeness (QED) is 0.871. The number of carbonyl (C=O) groups excluding carboxylic acids is 2. The van der Waals surface area contributed by atoms with E-state index in [-0.39, 0.29) is 18.7 Å². The Morgan fingerprint density at radius 2 is 2.16 bits per heavy atom. The second-order valence-corrected chi connectivity index (χ2v) is 4.20. The van der Waals surface area contributed by atoms with Gasteiger partial charge < -0.3 is 10.6 Å². The molecule has 8 heteroatoms. The molecule has 0 spiro atoms. The zero-order valence-electron chi connectivity index (χ0n) is 9.65. The van der Waals surface area contributed by atoms with Crippen molar-refractivity contribution in [3.05, 3.63) is 24.0 Å². The predicted octanol–water partition coefficient (Wildman–Crippen LogP) is 0.939. The van der Waals surface area contributed by atoms with Crippen molar-refractivity contribution in [2.24, 2.45) is 11.7 Å². The van der Waals surface area contributed by atoms with Crippen LogP contribution in [0, 0.1) is 5.92 Å². The maximum atomic E-state index is 12.5. The smallest absolute Gasteiger partial charge is 0.369 e. The fourth-order valence-electron chi connectivity index (χ4n) is 1.89. The number of aromatic nitrogens is 1. The summed E-state index contributed by atoms with van der Waals surface area (Å²) in [6.07, 6.45) is -3.69. The van der Waals surface area contributed by atoms with Crippen LogP contribution in [-0.2, 0) is 15.8 Å². The number of pyridine rings is 1. The van der Waals surface area contributed by atoms with Crippen LogP contribution in [0.4, 0.5) is 18.9 Å². The molecule has 0 radical (unpaired) electrons. The first-order valence-electron chi connectivity index (χ1n) is 5.42. The number of halogens is 3. The number of carbonyl (C=O) groups is 2. The van der Waals surface area contributed by atoms with Gasteiger partial charge in [0.2, 0.25) is 11.8 Å². The molecule has 1 aromatic rings. The molecule has 19 heavy (non-hydrogen) atoms. The predicted molar refractivity (Wildman–Crippen MR) is 58.9 cm³/mol. The van der Waals surface area contributed by atoms with Crippen molar-refractivity contribution in [3.8, 4) is 0 Å². The number of anilines is 1. The van der Waals surface area contributed by atoms with Crippen LogP contribution in [-0.4, -0.2) is 23.3 Å². The monoisotopic (exact) mass is 273 g/mol. The second-order valence-electron chi connectivity index (χ2n) is 4.20. The van der Waals surface area contributed by atoms with Gasteiger partial charge in [0.15, 0.2) is 0 Å². The summed E-state index contributed by atoms with van der Waals surface area (Å²) < 4.78 is 37.6. The van der Waals surface area contributed by atoms with E-state index >= 15 is 0 Å². The van der Waals surface area contributed by atoms with Gasteiger partial charge in [-0.05, 0) is 12.1 Å². The molecule has 1 aliphatic rings. The molecule has 0 bridgehead atoms. The standard InChI is InChI=1S/C11H10F3N3O2/c12-11(13,14)8-4-7(1-2-16-8)17-5-6(10(15)19)3-9(17)18/h1-2,4,6H,3,5H2,(H2,15,19). The largest absolute Gasteiger partial charge is 0.433 e. The number of hydrogen-bond acceptors (Lipinski definition) is 3. The minimum atomic E-state index is -4.58. The number of alkyl halides is 3. The molecule has 1 atom stereocenters. The maximum absolute atomic E-state index is 12.5. The Hall–Kier alpha value is -2.12. The molecule has 0 aliphatic carbocycles. The van der Waals surface area contributed by atoms with Crippen molar-refractivity contribution in [1.82, 2.24) is 4.98 Å². The topological polar surface area (TPSA) is 76.3 Å². The van der Waals surface area contributed by atoms with E-state index in [4.69, 9.17) is 5.73 Å². The molecule has 0 saturated carbocycles. The summed E-state index contributed by atoms with van der Waals surface area (Å²) in [7, 11) is 0. The van der Waals surface area contributed by atoms with Gasteiger partial charge in [-0.15, -0.1) is 0 Å². The molecule has 1 unspecified atom stereocenters. The summed E-state index contributed by atoms with van der Waals surface area (Å²) in [6, 6.07) is 2.07. The Morgan fingerprint density at radius 3 is 2.68 bits per heavy atom. The van der Waals surface area contributed by atoms with E-state index in [1.165, 1.54) is 6.07 Å². The molecule has 5 nitrogen and oxygen atoms in total. The highest BCUT2D eigenvalue weighted by molar-refractivity contribution is 6.00. The number of hydrogen-bond donors (Lipinski definition) is 1. The molecule has 2 heterocycles. The molecule has 1 fully saturated rings. The van der Waals surface area contributed by atoms with E-state index < -0.39 is 29.6 Å². The highest BCUT2D eigenvalue weighted by atomic mass is 19.4. The number of amides is 2. The van der Waals surface area contributed by atoms with Gasteiger partial charge in [0.25, 0.3) is 0 Å². The molecule has 2 amide bonds. The van der Waals surface area contributed by atoms with E-state index in [1.807, 2.05) is 0 Å². The van der Waals surface area contributed by atoms with Gasteiger partial charge in [0.05, 0.1) is 5.92 Å². The Bertz CT molecular complexity index is 530. The third-order valence-electron chi connectivity index (χ3n) is 2.87. The third-order valence-corrected chi connectivity index (χ3v) is 2.87. The minimum Gasteiger partial charge on any atom is -0.369 e. The second kappa shape index (κ2) is 4.52. The van der Waals surface area contributed by atoms with Crippen LogP contribution >= 0.6 is 0 Å². The fraction of sp³-hybridized carbons (Fsp3) is 0.364. The lowest BCUT2D eigenvalue weighted by Crippen LogP contribution is -2.28. The van der Waals surface area contributed by atoms with E-state index in [1.54, 1.807) is 0 Å². The number of nitrogens with two attached hydrogens (primary N) is 1. The first-order chi connectivity index (χ1) is 8.79. The van der Waals surface area contributed by atoms with Crippen molar-refractivity contribution < 1.29 is 22.8 Å². The Kier molecular flexibility index (Phi) is 3.17. The Labute approximate surface area is 106 Å². The van der Waals surface area contributed by atoms with Crippen molar-refractivity contribution in [2.45, 2.75) is 12.6 Å². The molecular formula is C11H10F3N3O2. The van der Waals surface area contributed by atoms with Gasteiger partial charge in [-0.2, -0.15) is 13.2 Å². The molecule has 1 aliphatic heterocycles. The maximum Gasteiger partial charge on any atom is 0.433 e. The highest BCUT2D eigenvalue weighted by Gasteiger charge is 2.36. The van der Waals surface area contributed by atoms with Gasteiger partial charge in [0, 0.05) is 24.8 Å². The van der Waals surface area contributed by atoms with E-state index in [2.05, 4.69) is 4.98 Å². The molecular weight excluding hydrogens is 263 g/mol. The lowest BCUT2D eigenvalue weighted by Gasteiger charge is -2.17. The lowest BCUT2D eigenvalue weighted by atomic mass is 10.1. The van der Waals surface area contributed by atoms with Crippen molar-refractivity contribution in [1.29, 1.82) is 0 Å². The summed E-state index contributed by atoms with van der Waals surface area (Å²) in [5.74, 6) is -1.74. The normalized spacial score (nSPS) is 19.8. The van der Waals surface area contributed by atoms with Crippen molar-refractivity contribution in [2.75, 3.05) is 11.4 Å². The van der Waals surface area contributed by atoms with Gasteiger partial charge in [0.1, 0.15) is 5.69 Å². The summed E-state index contributed by atoms with van der Waals surface area (Å²) in [5.41, 5.74) is 4.07. The molecule has 2 rings (SSSR count). The number of nitrogens with zero attached hydrogens (tertiary/aromatic N) is 2. The zero-order chi connectivity index (χ0) is 14.2. The van der Waals surface area contributed by atoms with Crippen LogP contribution in [0.15, 0.2) is 18.3 Å². The van der Waals surface area contributed by atoms with Crippen LogP contribution in [0.1, 0.15) is 12.1 Å².